The molecule has 6 nitrogen and oxygen atoms in total. The molecule has 266 valence electrons. The Morgan fingerprint density at radius 3 is 1.40 bits per heavy atom. The normalized spacial score (nSPS) is 14.7. The Balaban J connectivity index is 3.86. The molecule has 6 heteroatoms. The van der Waals surface area contributed by atoms with E-state index >= 15 is 0 Å². The molecule has 0 saturated carbocycles. The zero-order valence-electron chi connectivity index (χ0n) is 29.6. The van der Waals surface area contributed by atoms with Gasteiger partial charge in [0.15, 0.2) is 0 Å². The van der Waals surface area contributed by atoms with E-state index in [2.05, 4.69) is 43.5 Å². The van der Waals surface area contributed by atoms with Gasteiger partial charge < -0.3 is 25.7 Å². The average Bonchev–Trinajstić information content (AvgIpc) is 3.04. The van der Waals surface area contributed by atoms with Gasteiger partial charge in [-0.15, -0.1) is 0 Å². The summed E-state index contributed by atoms with van der Waals surface area (Å²) < 4.78 is 0. The molecule has 0 heterocycles. The molecule has 0 saturated heterocycles. The third-order valence-corrected chi connectivity index (χ3v) is 8.89. The molecular weight excluding hydrogens is 562 g/mol. The Bertz CT molecular complexity index is 682. The van der Waals surface area contributed by atoms with E-state index in [0.717, 1.165) is 38.5 Å². The second kappa shape index (κ2) is 34.1. The van der Waals surface area contributed by atoms with Gasteiger partial charge in [0.05, 0.1) is 18.8 Å². The van der Waals surface area contributed by atoms with Gasteiger partial charge in [0.2, 0.25) is 5.91 Å². The minimum absolute atomic E-state index is 0.362. The maximum atomic E-state index is 12.4. The van der Waals surface area contributed by atoms with Crippen LogP contribution in [0.15, 0.2) is 24.3 Å². The first-order valence-electron chi connectivity index (χ1n) is 19.2. The average molecular weight is 638 g/mol. The number of allylic oxidation sites excluding steroid dienone is 4. The SMILES string of the molecule is CCCCCCCCCCC/C=C/CC/C=C/CCCC(O)C(O)C(CO)NC(=O)C(O)CCCCCCCCCCCCC. The molecule has 0 spiro atoms. The van der Waals surface area contributed by atoms with Crippen LogP contribution in [0.25, 0.3) is 0 Å². The third kappa shape index (κ3) is 28.7. The highest BCUT2D eigenvalue weighted by Crippen LogP contribution is 2.14. The maximum Gasteiger partial charge on any atom is 0.249 e. The van der Waals surface area contributed by atoms with Crippen LogP contribution in [0, 0.1) is 0 Å². The second-order valence-corrected chi connectivity index (χ2v) is 13.3. The lowest BCUT2D eigenvalue weighted by Gasteiger charge is -2.27. The first kappa shape index (κ1) is 43.8. The Hall–Kier alpha value is -1.21. The summed E-state index contributed by atoms with van der Waals surface area (Å²) in [5.41, 5.74) is 0. The third-order valence-electron chi connectivity index (χ3n) is 8.89. The van der Waals surface area contributed by atoms with Gasteiger partial charge in [0.1, 0.15) is 12.2 Å². The van der Waals surface area contributed by atoms with Gasteiger partial charge in [-0.1, -0.05) is 160 Å². The van der Waals surface area contributed by atoms with Gasteiger partial charge >= 0.3 is 0 Å². The number of nitrogens with one attached hydrogen (secondary N) is 1. The van der Waals surface area contributed by atoms with Crippen molar-refractivity contribution in [2.75, 3.05) is 6.61 Å². The van der Waals surface area contributed by atoms with Crippen LogP contribution in [-0.4, -0.2) is 57.3 Å². The van der Waals surface area contributed by atoms with Crippen molar-refractivity contribution in [2.24, 2.45) is 0 Å². The van der Waals surface area contributed by atoms with Gasteiger partial charge in [-0.2, -0.15) is 0 Å². The van der Waals surface area contributed by atoms with Crippen molar-refractivity contribution in [2.45, 2.75) is 212 Å². The summed E-state index contributed by atoms with van der Waals surface area (Å²) >= 11 is 0. The summed E-state index contributed by atoms with van der Waals surface area (Å²) in [6, 6.07) is -1.00. The number of aliphatic hydroxyl groups excluding tert-OH is 4. The Morgan fingerprint density at radius 2 is 0.933 bits per heavy atom. The predicted molar refractivity (Wildman–Crippen MR) is 191 cm³/mol. The molecule has 5 N–H and O–H groups in total. The molecule has 0 aliphatic heterocycles. The fourth-order valence-corrected chi connectivity index (χ4v) is 5.77. The summed E-state index contributed by atoms with van der Waals surface area (Å²) in [6.45, 7) is 4.00. The molecule has 4 atom stereocenters. The molecular formula is C39H75NO5. The van der Waals surface area contributed by atoms with Crippen LogP contribution in [-0.2, 0) is 4.79 Å². The summed E-state index contributed by atoms with van der Waals surface area (Å²) in [5, 5.41) is 43.4. The van der Waals surface area contributed by atoms with Crippen LogP contribution >= 0.6 is 0 Å². The molecule has 0 aliphatic rings. The molecule has 0 aromatic heterocycles. The van der Waals surface area contributed by atoms with Gasteiger partial charge in [-0.3, -0.25) is 4.79 Å². The Kier molecular flexibility index (Phi) is 33.2. The molecule has 0 fully saturated rings. The molecule has 0 aliphatic carbocycles. The molecule has 0 rings (SSSR count). The number of aliphatic hydroxyl groups is 4. The molecule has 4 unspecified atom stereocenters. The number of unbranched alkanes of at least 4 members (excludes halogenated alkanes) is 21. The van der Waals surface area contributed by atoms with Gasteiger partial charge in [-0.05, 0) is 51.4 Å². The predicted octanol–water partition coefficient (Wildman–Crippen LogP) is 9.23. The minimum atomic E-state index is -1.28. The van der Waals surface area contributed by atoms with Crippen molar-refractivity contribution in [3.05, 3.63) is 24.3 Å². The number of hydrogen-bond donors (Lipinski definition) is 5. The number of hydrogen-bond acceptors (Lipinski definition) is 5. The fourth-order valence-electron chi connectivity index (χ4n) is 5.77. The number of amides is 1. The smallest absolute Gasteiger partial charge is 0.249 e. The van der Waals surface area contributed by atoms with Crippen LogP contribution in [0.5, 0.6) is 0 Å². The minimum Gasteiger partial charge on any atom is -0.394 e. The van der Waals surface area contributed by atoms with Gasteiger partial charge in [-0.25, -0.2) is 0 Å². The zero-order chi connectivity index (χ0) is 33.2. The second-order valence-electron chi connectivity index (χ2n) is 13.3. The van der Waals surface area contributed by atoms with Crippen molar-refractivity contribution >= 4 is 5.91 Å². The number of carbonyl (C=O) groups is 1. The van der Waals surface area contributed by atoms with Crippen molar-refractivity contribution < 1.29 is 25.2 Å². The summed E-state index contributed by atoms with van der Waals surface area (Å²) in [6.07, 6.45) is 36.3. The van der Waals surface area contributed by atoms with Crippen molar-refractivity contribution in [1.29, 1.82) is 0 Å². The molecule has 45 heavy (non-hydrogen) atoms. The highest BCUT2D eigenvalue weighted by molar-refractivity contribution is 5.80. The molecule has 1 amide bonds. The van der Waals surface area contributed by atoms with E-state index in [1.807, 2.05) is 0 Å². The number of rotatable bonds is 34. The summed E-state index contributed by atoms with van der Waals surface area (Å²) in [5.74, 6) is -0.600. The largest absolute Gasteiger partial charge is 0.394 e. The maximum absolute atomic E-state index is 12.4. The summed E-state index contributed by atoms with van der Waals surface area (Å²) in [4.78, 5) is 12.4. The van der Waals surface area contributed by atoms with E-state index < -0.39 is 36.9 Å². The summed E-state index contributed by atoms with van der Waals surface area (Å²) in [7, 11) is 0. The van der Waals surface area contributed by atoms with Crippen LogP contribution in [0.2, 0.25) is 0 Å². The van der Waals surface area contributed by atoms with E-state index in [4.69, 9.17) is 0 Å². The first-order valence-corrected chi connectivity index (χ1v) is 19.2. The lowest BCUT2D eigenvalue weighted by atomic mass is 10.00. The Labute approximate surface area is 278 Å². The highest BCUT2D eigenvalue weighted by Gasteiger charge is 2.28. The molecule has 0 aromatic rings. The standard InChI is InChI=1S/C39H75NO5/c1-3-5-7-9-11-13-15-16-17-18-19-20-21-23-24-26-28-30-32-36(42)38(44)35(34-41)40-39(45)37(43)33-31-29-27-25-22-14-12-10-8-6-4-2/h19-20,24,26,35-38,41-44H,3-18,21-23,25,27-34H2,1-2H3,(H,40,45)/b20-19+,26-24+. The van der Waals surface area contributed by atoms with Crippen molar-refractivity contribution in [3.8, 4) is 0 Å². The first-order chi connectivity index (χ1) is 22.0. The quantitative estimate of drug-likeness (QED) is 0.0357. The van der Waals surface area contributed by atoms with Gasteiger partial charge in [0.25, 0.3) is 0 Å². The van der Waals surface area contributed by atoms with Crippen molar-refractivity contribution in [3.63, 3.8) is 0 Å². The van der Waals surface area contributed by atoms with Crippen LogP contribution < -0.4 is 5.32 Å². The topological polar surface area (TPSA) is 110 Å². The van der Waals surface area contributed by atoms with Crippen LogP contribution in [0.4, 0.5) is 0 Å². The highest BCUT2D eigenvalue weighted by atomic mass is 16.3. The van der Waals surface area contributed by atoms with E-state index in [9.17, 15) is 25.2 Å². The molecule has 0 radical (unpaired) electrons. The fraction of sp³-hybridized carbons (Fsp3) is 0.872. The van der Waals surface area contributed by atoms with E-state index in [1.165, 1.54) is 116 Å². The Morgan fingerprint density at radius 1 is 0.533 bits per heavy atom. The lowest BCUT2D eigenvalue weighted by molar-refractivity contribution is -0.132. The lowest BCUT2D eigenvalue weighted by Crippen LogP contribution is -2.53. The molecule has 0 bridgehead atoms. The van der Waals surface area contributed by atoms with E-state index in [0.29, 0.717) is 19.3 Å². The van der Waals surface area contributed by atoms with E-state index in [-0.39, 0.29) is 0 Å². The number of carbonyl (C=O) groups excluding carboxylic acids is 1. The van der Waals surface area contributed by atoms with E-state index in [1.54, 1.807) is 0 Å². The van der Waals surface area contributed by atoms with Crippen LogP contribution in [0.1, 0.15) is 187 Å². The molecule has 0 aromatic carbocycles. The zero-order valence-corrected chi connectivity index (χ0v) is 29.6. The van der Waals surface area contributed by atoms with Crippen LogP contribution in [0.3, 0.4) is 0 Å². The van der Waals surface area contributed by atoms with Crippen molar-refractivity contribution in [1.82, 2.24) is 5.32 Å². The van der Waals surface area contributed by atoms with Gasteiger partial charge in [0, 0.05) is 0 Å². The monoisotopic (exact) mass is 638 g/mol.